The highest BCUT2D eigenvalue weighted by Gasteiger charge is 2.27. The molecule has 0 aromatic heterocycles. The molecule has 0 saturated heterocycles. The molecule has 11 heteroatoms. The summed E-state index contributed by atoms with van der Waals surface area (Å²) in [5.41, 5.74) is -0.0417. The molecule has 200 valence electrons. The third-order valence-electron chi connectivity index (χ3n) is 5.58. The molecule has 4 aromatic carbocycles. The van der Waals surface area contributed by atoms with Crippen molar-refractivity contribution in [1.29, 1.82) is 0 Å². The molecule has 0 fully saturated rings. The molecule has 4 aromatic rings. The lowest BCUT2D eigenvalue weighted by molar-refractivity contribution is 0.0394. The Kier molecular flexibility index (Phi) is 9.00. The van der Waals surface area contributed by atoms with Gasteiger partial charge in [0.05, 0.1) is 18.4 Å². The average Bonchev–Trinajstić information content (AvgIpc) is 2.91. The van der Waals surface area contributed by atoms with Crippen LogP contribution < -0.4 is 15.4 Å². The normalized spacial score (nSPS) is 10.6. The second-order valence-corrected chi connectivity index (χ2v) is 10.7. The maximum absolute atomic E-state index is 14.9. The molecule has 0 aliphatic rings. The molecular weight excluding hydrogens is 739 g/mol. The second-order valence-electron chi connectivity index (χ2n) is 8.21. The number of rotatable bonds is 7. The van der Waals surface area contributed by atoms with Crippen molar-refractivity contribution >= 4 is 79.9 Å². The Bertz CT molecular complexity index is 1580. The SMILES string of the molecule is COc1ccc(Nc2ccc(I)cc2)c(C(=O)OC(=O)c2cc(F)c(Nc3ccc(I)cc3C)c(F)c2F)c1. The zero-order valence-corrected chi connectivity index (χ0v) is 24.7. The molecule has 4 rings (SSSR count). The lowest BCUT2D eigenvalue weighted by atomic mass is 10.1. The van der Waals surface area contributed by atoms with Gasteiger partial charge in [0.15, 0.2) is 17.5 Å². The molecule has 0 spiro atoms. The van der Waals surface area contributed by atoms with Crippen molar-refractivity contribution < 1.29 is 32.2 Å². The lowest BCUT2D eigenvalue weighted by Crippen LogP contribution is -2.17. The summed E-state index contributed by atoms with van der Waals surface area (Å²) in [5.74, 6) is -6.99. The summed E-state index contributed by atoms with van der Waals surface area (Å²) in [6, 6.07) is 17.2. The van der Waals surface area contributed by atoms with E-state index in [2.05, 4.69) is 55.8 Å². The molecule has 0 unspecified atom stereocenters. The van der Waals surface area contributed by atoms with Crippen LogP contribution in [0.4, 0.5) is 35.9 Å². The van der Waals surface area contributed by atoms with Crippen molar-refractivity contribution in [2.75, 3.05) is 17.7 Å². The standard InChI is InChI=1S/C28H19F3I2N2O4/c1-14-11-16(33)5-9-22(14)35-26-21(29)13-20(24(30)25(26)31)28(37)39-27(36)19-12-18(38-2)8-10-23(19)34-17-6-3-15(32)4-7-17/h3-13,34-35H,1-2H3. The predicted octanol–water partition coefficient (Wildman–Crippen LogP) is 8.11. The van der Waals surface area contributed by atoms with Crippen LogP contribution in [0.3, 0.4) is 0 Å². The highest BCUT2D eigenvalue weighted by Crippen LogP contribution is 2.31. The van der Waals surface area contributed by atoms with Crippen molar-refractivity contribution in [2.45, 2.75) is 6.92 Å². The number of ether oxygens (including phenoxy) is 2. The highest BCUT2D eigenvalue weighted by atomic mass is 127. The molecule has 0 aliphatic heterocycles. The van der Waals surface area contributed by atoms with Gasteiger partial charge in [0.25, 0.3) is 0 Å². The number of esters is 2. The zero-order chi connectivity index (χ0) is 28.3. The van der Waals surface area contributed by atoms with Gasteiger partial charge in [0.1, 0.15) is 17.0 Å². The average molecular weight is 758 g/mol. The summed E-state index contributed by atoms with van der Waals surface area (Å²) < 4.78 is 56.5. The van der Waals surface area contributed by atoms with Gasteiger partial charge in [-0.3, -0.25) is 0 Å². The minimum atomic E-state index is -1.66. The van der Waals surface area contributed by atoms with Crippen LogP contribution in [-0.2, 0) is 4.74 Å². The quantitative estimate of drug-likeness (QED) is 0.0859. The Morgan fingerprint density at radius 3 is 2.05 bits per heavy atom. The summed E-state index contributed by atoms with van der Waals surface area (Å²) in [7, 11) is 1.39. The van der Waals surface area contributed by atoms with Crippen LogP contribution in [-0.4, -0.2) is 19.0 Å². The number of aryl methyl sites for hydroxylation is 1. The fraction of sp³-hybridized carbons (Fsp3) is 0.0714. The first-order valence-electron chi connectivity index (χ1n) is 11.2. The number of halogens is 5. The molecule has 0 bridgehead atoms. The van der Waals surface area contributed by atoms with E-state index in [1.54, 1.807) is 43.3 Å². The highest BCUT2D eigenvalue weighted by molar-refractivity contribution is 14.1. The van der Waals surface area contributed by atoms with Gasteiger partial charge in [0.2, 0.25) is 0 Å². The van der Waals surface area contributed by atoms with Crippen LogP contribution in [0.2, 0.25) is 0 Å². The van der Waals surface area contributed by atoms with Crippen LogP contribution >= 0.6 is 45.2 Å². The summed E-state index contributed by atoms with van der Waals surface area (Å²) >= 11 is 4.23. The summed E-state index contributed by atoms with van der Waals surface area (Å²) in [6.45, 7) is 1.72. The van der Waals surface area contributed by atoms with Crippen molar-refractivity contribution in [2.24, 2.45) is 0 Å². The predicted molar refractivity (Wildman–Crippen MR) is 159 cm³/mol. The maximum atomic E-state index is 14.9. The van der Waals surface area contributed by atoms with Crippen molar-refractivity contribution in [3.63, 3.8) is 0 Å². The topological polar surface area (TPSA) is 76.7 Å². The van der Waals surface area contributed by atoms with E-state index >= 15 is 0 Å². The smallest absolute Gasteiger partial charge is 0.349 e. The third-order valence-corrected chi connectivity index (χ3v) is 6.97. The number of anilines is 4. The van der Waals surface area contributed by atoms with E-state index in [1.807, 2.05) is 12.1 Å². The van der Waals surface area contributed by atoms with E-state index in [0.717, 1.165) is 7.14 Å². The first-order valence-corrected chi connectivity index (χ1v) is 13.4. The van der Waals surface area contributed by atoms with Gasteiger partial charge < -0.3 is 20.1 Å². The van der Waals surface area contributed by atoms with Crippen molar-refractivity contribution in [3.8, 4) is 5.75 Å². The minimum Gasteiger partial charge on any atom is -0.497 e. The molecule has 0 radical (unpaired) electrons. The van der Waals surface area contributed by atoms with E-state index in [9.17, 15) is 22.8 Å². The minimum absolute atomic E-state index is 0.116. The molecule has 39 heavy (non-hydrogen) atoms. The third kappa shape index (κ3) is 6.64. The molecule has 0 atom stereocenters. The fourth-order valence-electron chi connectivity index (χ4n) is 3.57. The number of hydrogen-bond donors (Lipinski definition) is 2. The zero-order valence-electron chi connectivity index (χ0n) is 20.4. The summed E-state index contributed by atoms with van der Waals surface area (Å²) in [6.07, 6.45) is 0. The number of nitrogens with one attached hydrogen (secondary N) is 2. The largest absolute Gasteiger partial charge is 0.497 e. The van der Waals surface area contributed by atoms with Gasteiger partial charge in [-0.15, -0.1) is 0 Å². The van der Waals surface area contributed by atoms with Crippen LogP contribution in [0.15, 0.2) is 66.7 Å². The molecule has 0 heterocycles. The molecule has 0 amide bonds. The van der Waals surface area contributed by atoms with Crippen LogP contribution in [0.25, 0.3) is 0 Å². The number of carbonyl (C=O) groups is 2. The van der Waals surface area contributed by atoms with Crippen LogP contribution in [0.5, 0.6) is 5.75 Å². The van der Waals surface area contributed by atoms with Gasteiger partial charge in [0, 0.05) is 18.5 Å². The van der Waals surface area contributed by atoms with E-state index in [-0.39, 0.29) is 17.0 Å². The van der Waals surface area contributed by atoms with Crippen molar-refractivity contribution in [1.82, 2.24) is 0 Å². The second kappa shape index (κ2) is 12.2. The Labute approximate surface area is 249 Å². The number of hydrogen-bond acceptors (Lipinski definition) is 6. The van der Waals surface area contributed by atoms with Gasteiger partial charge in [-0.2, -0.15) is 0 Å². The number of benzene rings is 4. The van der Waals surface area contributed by atoms with Gasteiger partial charge in [-0.05, 0) is 124 Å². The lowest BCUT2D eigenvalue weighted by Gasteiger charge is -2.15. The van der Waals surface area contributed by atoms with E-state index < -0.39 is 40.6 Å². The number of carbonyl (C=O) groups excluding carboxylic acids is 2. The van der Waals surface area contributed by atoms with Gasteiger partial charge in [-0.25, -0.2) is 22.8 Å². The van der Waals surface area contributed by atoms with E-state index in [1.165, 1.54) is 19.2 Å². The first-order chi connectivity index (χ1) is 18.6. The fourth-order valence-corrected chi connectivity index (χ4v) is 4.58. The molecular formula is C28H19F3I2N2O4. The van der Waals surface area contributed by atoms with E-state index in [0.29, 0.717) is 23.0 Å². The summed E-state index contributed by atoms with van der Waals surface area (Å²) in [5, 5.41) is 5.56. The van der Waals surface area contributed by atoms with Crippen LogP contribution in [0.1, 0.15) is 26.3 Å². The molecule has 0 saturated carbocycles. The maximum Gasteiger partial charge on any atom is 0.349 e. The van der Waals surface area contributed by atoms with Gasteiger partial charge >= 0.3 is 11.9 Å². The summed E-state index contributed by atoms with van der Waals surface area (Å²) in [4.78, 5) is 25.6. The number of methoxy groups -OCH3 is 1. The Hall–Kier alpha value is -3.33. The Balaban J connectivity index is 1.60. The Morgan fingerprint density at radius 2 is 1.38 bits per heavy atom. The molecule has 0 aliphatic carbocycles. The van der Waals surface area contributed by atoms with Gasteiger partial charge in [-0.1, -0.05) is 0 Å². The van der Waals surface area contributed by atoms with E-state index in [4.69, 9.17) is 9.47 Å². The Morgan fingerprint density at radius 1 is 0.744 bits per heavy atom. The monoisotopic (exact) mass is 758 g/mol. The molecule has 2 N–H and O–H groups in total. The van der Waals surface area contributed by atoms with Crippen molar-refractivity contribution in [3.05, 3.63) is 108 Å². The first kappa shape index (κ1) is 28.7. The molecule has 6 nitrogen and oxygen atoms in total. The van der Waals surface area contributed by atoms with Crippen LogP contribution in [0, 0.1) is 31.5 Å².